The van der Waals surface area contributed by atoms with Gasteiger partial charge in [0.05, 0.1) is 5.56 Å². The lowest BCUT2D eigenvalue weighted by molar-refractivity contribution is -0.139. The van der Waals surface area contributed by atoms with Crippen LogP contribution in [-0.4, -0.2) is 22.7 Å². The molecule has 1 heterocycles. The number of aromatic nitrogens is 2. The van der Waals surface area contributed by atoms with Crippen molar-refractivity contribution < 1.29 is 22.7 Å². The Morgan fingerprint density at radius 1 is 1.17 bits per heavy atom. The van der Waals surface area contributed by atoms with Gasteiger partial charge >= 0.3 is 6.18 Å². The molecule has 2 aromatic carbocycles. The zero-order valence-electron chi connectivity index (χ0n) is 15.4. The van der Waals surface area contributed by atoms with Gasteiger partial charge in [0.25, 0.3) is 5.91 Å². The van der Waals surface area contributed by atoms with Crippen molar-refractivity contribution >= 4 is 34.7 Å². The van der Waals surface area contributed by atoms with Crippen LogP contribution in [0.4, 0.5) is 18.9 Å². The molecule has 5 nitrogen and oxygen atoms in total. The van der Waals surface area contributed by atoms with Gasteiger partial charge in [0.1, 0.15) is 10.8 Å². The number of anilines is 1. The molecular weight excluding hydrogens is 423 g/mol. The van der Waals surface area contributed by atoms with Crippen molar-refractivity contribution in [2.75, 3.05) is 11.9 Å². The summed E-state index contributed by atoms with van der Waals surface area (Å²) in [6.07, 6.45) is -4.55. The van der Waals surface area contributed by atoms with Gasteiger partial charge < -0.3 is 10.1 Å². The smallest absolute Gasteiger partial charge is 0.419 e. The Bertz CT molecular complexity index is 1020. The number of aryl methyl sites for hydroxylation is 2. The first kappa shape index (κ1) is 21.1. The summed E-state index contributed by atoms with van der Waals surface area (Å²) in [7, 11) is 0. The van der Waals surface area contributed by atoms with E-state index in [2.05, 4.69) is 15.5 Å². The molecule has 0 aliphatic rings. The number of nitrogens with zero attached hydrogens (tertiary/aromatic N) is 2. The van der Waals surface area contributed by atoms with E-state index in [0.717, 1.165) is 25.9 Å². The van der Waals surface area contributed by atoms with Crippen molar-refractivity contribution in [2.24, 2.45) is 0 Å². The molecule has 0 bridgehead atoms. The molecule has 29 heavy (non-hydrogen) atoms. The third kappa shape index (κ3) is 5.70. The lowest BCUT2D eigenvalue weighted by atomic mass is 10.2. The Labute approximate surface area is 173 Å². The van der Waals surface area contributed by atoms with E-state index in [4.69, 9.17) is 4.74 Å². The van der Waals surface area contributed by atoms with E-state index in [0.29, 0.717) is 5.69 Å². The third-order valence-electron chi connectivity index (χ3n) is 3.74. The number of rotatable bonds is 6. The van der Waals surface area contributed by atoms with E-state index < -0.39 is 24.3 Å². The number of ether oxygens (including phenoxy) is 1. The quantitative estimate of drug-likeness (QED) is 0.562. The fraction of sp³-hybridized carbons (Fsp3) is 0.211. The number of halogens is 3. The predicted octanol–water partition coefficient (Wildman–Crippen LogP) is 5.34. The standard InChI is InChI=1S/C19H16F3N3O2S2/c1-11-9-13(29-18-25-24-12(2)28-18)7-8-15(11)23-17(26)10-27-16-6-4-3-5-14(16)19(20,21)22/h3-9H,10H2,1-2H3,(H,23,26). The molecule has 0 aliphatic heterocycles. The number of hydrogen-bond acceptors (Lipinski definition) is 6. The SMILES string of the molecule is Cc1nnc(Sc2ccc(NC(=O)COc3ccccc3C(F)(F)F)c(C)c2)s1. The number of carbonyl (C=O) groups excluding carboxylic acids is 1. The number of benzene rings is 2. The summed E-state index contributed by atoms with van der Waals surface area (Å²) in [5.74, 6) is -0.934. The topological polar surface area (TPSA) is 64.1 Å². The van der Waals surface area contributed by atoms with E-state index >= 15 is 0 Å². The van der Waals surface area contributed by atoms with Crippen molar-refractivity contribution in [3.8, 4) is 5.75 Å². The van der Waals surface area contributed by atoms with Crippen LogP contribution in [0.15, 0.2) is 51.7 Å². The highest BCUT2D eigenvalue weighted by Gasteiger charge is 2.34. The zero-order chi connectivity index (χ0) is 21.0. The van der Waals surface area contributed by atoms with E-state index in [1.54, 1.807) is 6.07 Å². The van der Waals surface area contributed by atoms with Crippen molar-refractivity contribution in [1.29, 1.82) is 0 Å². The van der Waals surface area contributed by atoms with Crippen molar-refractivity contribution in [3.05, 3.63) is 58.6 Å². The molecule has 1 N–H and O–H groups in total. The van der Waals surface area contributed by atoms with E-state index in [9.17, 15) is 18.0 Å². The molecule has 0 saturated heterocycles. The molecule has 3 rings (SSSR count). The van der Waals surface area contributed by atoms with Gasteiger partial charge in [-0.3, -0.25) is 4.79 Å². The van der Waals surface area contributed by atoms with Crippen molar-refractivity contribution in [2.45, 2.75) is 29.3 Å². The van der Waals surface area contributed by atoms with Crippen molar-refractivity contribution in [1.82, 2.24) is 10.2 Å². The van der Waals surface area contributed by atoms with Gasteiger partial charge in [-0.15, -0.1) is 10.2 Å². The van der Waals surface area contributed by atoms with Crippen molar-refractivity contribution in [3.63, 3.8) is 0 Å². The molecule has 0 atom stereocenters. The third-order valence-corrected chi connectivity index (χ3v) is 5.62. The molecule has 0 fully saturated rings. The van der Waals surface area contributed by atoms with Gasteiger partial charge in [0, 0.05) is 10.6 Å². The highest BCUT2D eigenvalue weighted by molar-refractivity contribution is 8.01. The molecule has 0 saturated carbocycles. The van der Waals surface area contributed by atoms with E-state index in [-0.39, 0.29) is 5.75 Å². The second-order valence-electron chi connectivity index (χ2n) is 6.00. The maximum Gasteiger partial charge on any atom is 0.419 e. The van der Waals surface area contributed by atoms with Crippen LogP contribution < -0.4 is 10.1 Å². The Kier molecular flexibility index (Phi) is 6.43. The Morgan fingerprint density at radius 3 is 2.59 bits per heavy atom. The summed E-state index contributed by atoms with van der Waals surface area (Å²) in [6, 6.07) is 10.2. The maximum absolute atomic E-state index is 13.0. The summed E-state index contributed by atoms with van der Waals surface area (Å²) in [6.45, 7) is 3.17. The summed E-state index contributed by atoms with van der Waals surface area (Å²) < 4.78 is 44.8. The van der Waals surface area contributed by atoms with Crippen LogP contribution >= 0.6 is 23.1 Å². The monoisotopic (exact) mass is 439 g/mol. The second kappa shape index (κ2) is 8.83. The Morgan fingerprint density at radius 2 is 1.93 bits per heavy atom. The minimum Gasteiger partial charge on any atom is -0.483 e. The van der Waals surface area contributed by atoms with Gasteiger partial charge in [0.2, 0.25) is 0 Å². The molecule has 10 heteroatoms. The summed E-state index contributed by atoms with van der Waals surface area (Å²) in [5, 5.41) is 11.5. The first-order chi connectivity index (χ1) is 13.7. The minimum absolute atomic E-state index is 0.383. The molecule has 0 unspecified atom stereocenters. The average molecular weight is 439 g/mol. The van der Waals surface area contributed by atoms with Crippen LogP contribution in [0.25, 0.3) is 0 Å². The van der Waals surface area contributed by atoms with Crippen LogP contribution in [0.1, 0.15) is 16.1 Å². The summed E-state index contributed by atoms with van der Waals surface area (Å²) >= 11 is 2.95. The fourth-order valence-corrected chi connectivity index (χ4v) is 4.30. The largest absolute Gasteiger partial charge is 0.483 e. The highest BCUT2D eigenvalue weighted by atomic mass is 32.2. The molecule has 3 aromatic rings. The molecule has 0 radical (unpaired) electrons. The number of para-hydroxylation sites is 1. The molecule has 1 amide bonds. The lowest BCUT2D eigenvalue weighted by Crippen LogP contribution is -2.21. The number of alkyl halides is 3. The van der Waals surface area contributed by atoms with Crippen LogP contribution in [0.5, 0.6) is 5.75 Å². The first-order valence-electron chi connectivity index (χ1n) is 8.40. The summed E-state index contributed by atoms with van der Waals surface area (Å²) in [5.41, 5.74) is 0.443. The number of amides is 1. The molecule has 1 aromatic heterocycles. The number of carbonyl (C=O) groups is 1. The van der Waals surface area contributed by atoms with Crippen LogP contribution in [0, 0.1) is 13.8 Å². The number of hydrogen-bond donors (Lipinski definition) is 1. The second-order valence-corrected chi connectivity index (χ2v) is 8.50. The number of nitrogens with one attached hydrogen (secondary N) is 1. The molecular formula is C19H16F3N3O2S2. The molecule has 0 spiro atoms. The zero-order valence-corrected chi connectivity index (χ0v) is 17.0. The minimum atomic E-state index is -4.55. The van der Waals surface area contributed by atoms with Gasteiger partial charge in [-0.1, -0.05) is 35.2 Å². The van der Waals surface area contributed by atoms with Crippen LogP contribution in [0.3, 0.4) is 0 Å². The Hall–Kier alpha value is -2.59. The summed E-state index contributed by atoms with van der Waals surface area (Å²) in [4.78, 5) is 13.1. The van der Waals surface area contributed by atoms with Gasteiger partial charge in [-0.2, -0.15) is 13.2 Å². The van der Waals surface area contributed by atoms with Gasteiger partial charge in [-0.25, -0.2) is 0 Å². The molecule has 0 aliphatic carbocycles. The fourth-order valence-electron chi connectivity index (χ4n) is 2.42. The van der Waals surface area contributed by atoms with Crippen LogP contribution in [0.2, 0.25) is 0 Å². The highest BCUT2D eigenvalue weighted by Crippen LogP contribution is 2.36. The molecule has 152 valence electrons. The average Bonchev–Trinajstić information content (AvgIpc) is 3.06. The van der Waals surface area contributed by atoms with E-state index in [1.165, 1.54) is 41.3 Å². The normalized spacial score (nSPS) is 11.3. The van der Waals surface area contributed by atoms with Gasteiger partial charge in [-0.05, 0) is 49.7 Å². The van der Waals surface area contributed by atoms with E-state index in [1.807, 2.05) is 26.0 Å². The Balaban J connectivity index is 1.61. The lowest BCUT2D eigenvalue weighted by Gasteiger charge is -2.14. The predicted molar refractivity (Wildman–Crippen MR) is 106 cm³/mol. The van der Waals surface area contributed by atoms with Crippen LogP contribution in [-0.2, 0) is 11.0 Å². The maximum atomic E-state index is 13.0. The van der Waals surface area contributed by atoms with Gasteiger partial charge in [0.15, 0.2) is 10.9 Å². The first-order valence-corrected chi connectivity index (χ1v) is 10.0.